The van der Waals surface area contributed by atoms with Crippen molar-refractivity contribution in [2.75, 3.05) is 19.1 Å². The number of thiophene rings is 1. The van der Waals surface area contributed by atoms with Crippen molar-refractivity contribution in [3.05, 3.63) is 45.7 Å². The Morgan fingerprint density at radius 2 is 2.04 bits per heavy atom. The van der Waals surface area contributed by atoms with Gasteiger partial charge in [-0.25, -0.2) is 13.2 Å². The summed E-state index contributed by atoms with van der Waals surface area (Å²) in [7, 11) is -2.08. The zero-order valence-corrected chi connectivity index (χ0v) is 17.4. The SMILES string of the molecule is COC(=O)[C@H](CCS(C)(=O)=O)NC(=O)c1ccc(Br)cc1-c1cccs1. The van der Waals surface area contributed by atoms with Crippen LogP contribution in [0, 0.1) is 0 Å². The number of ether oxygens (including phenoxy) is 1. The van der Waals surface area contributed by atoms with E-state index >= 15 is 0 Å². The molecule has 0 spiro atoms. The Kier molecular flexibility index (Phi) is 6.96. The number of benzene rings is 1. The minimum absolute atomic E-state index is 0.0535. The Labute approximate surface area is 164 Å². The van der Waals surface area contributed by atoms with Crippen molar-refractivity contribution < 1.29 is 22.7 Å². The molecule has 2 aromatic rings. The van der Waals surface area contributed by atoms with Gasteiger partial charge in [0.2, 0.25) is 0 Å². The number of hydrogen-bond acceptors (Lipinski definition) is 6. The molecule has 2 rings (SSSR count). The first-order chi connectivity index (χ1) is 12.2. The van der Waals surface area contributed by atoms with Crippen molar-refractivity contribution in [3.63, 3.8) is 0 Å². The number of rotatable bonds is 7. The Hall–Kier alpha value is -1.71. The van der Waals surface area contributed by atoms with Crippen LogP contribution in [0.15, 0.2) is 40.2 Å². The first kappa shape index (κ1) is 20.6. The van der Waals surface area contributed by atoms with Gasteiger partial charge in [-0.15, -0.1) is 11.3 Å². The normalized spacial score (nSPS) is 12.4. The summed E-state index contributed by atoms with van der Waals surface area (Å²) in [5.74, 6) is -1.38. The van der Waals surface area contributed by atoms with Gasteiger partial charge < -0.3 is 10.1 Å². The molecule has 0 bridgehead atoms. The van der Waals surface area contributed by atoms with Crippen LogP contribution in [0.1, 0.15) is 16.8 Å². The van der Waals surface area contributed by atoms with Crippen LogP contribution in [0.2, 0.25) is 0 Å². The third-order valence-corrected chi connectivity index (χ3v) is 5.95. The Morgan fingerprint density at radius 3 is 2.62 bits per heavy atom. The van der Waals surface area contributed by atoms with E-state index in [2.05, 4.69) is 26.0 Å². The Balaban J connectivity index is 2.28. The lowest BCUT2D eigenvalue weighted by atomic mass is 10.0. The summed E-state index contributed by atoms with van der Waals surface area (Å²) in [6, 6.07) is 7.94. The predicted molar refractivity (Wildman–Crippen MR) is 105 cm³/mol. The van der Waals surface area contributed by atoms with Crippen LogP contribution in [0.5, 0.6) is 0 Å². The molecule has 0 aliphatic rings. The number of carbonyl (C=O) groups is 2. The van der Waals surface area contributed by atoms with E-state index in [4.69, 9.17) is 0 Å². The van der Waals surface area contributed by atoms with E-state index in [1.807, 2.05) is 23.6 Å². The molecule has 0 saturated heterocycles. The third-order valence-electron chi connectivity index (χ3n) is 3.58. The fraction of sp³-hybridized carbons (Fsp3) is 0.294. The van der Waals surface area contributed by atoms with Gasteiger partial charge in [0, 0.05) is 26.7 Å². The van der Waals surface area contributed by atoms with Gasteiger partial charge in [0.1, 0.15) is 15.9 Å². The molecule has 9 heteroatoms. The standard InChI is InChI=1S/C17H18BrNO5S2/c1-24-17(21)14(7-9-26(2,22)23)19-16(20)12-6-5-11(18)10-13(12)15-4-3-8-25-15/h3-6,8,10,14H,7,9H2,1-2H3,(H,19,20)/t14-/m0/s1. The average Bonchev–Trinajstić information content (AvgIpc) is 3.11. The minimum Gasteiger partial charge on any atom is -0.467 e. The third kappa shape index (κ3) is 5.65. The highest BCUT2D eigenvalue weighted by atomic mass is 79.9. The second kappa shape index (κ2) is 8.79. The Bertz CT molecular complexity index is 894. The van der Waals surface area contributed by atoms with Crippen molar-refractivity contribution in [1.29, 1.82) is 0 Å². The van der Waals surface area contributed by atoms with Crippen LogP contribution in [-0.2, 0) is 19.4 Å². The molecule has 0 aliphatic carbocycles. The number of sulfone groups is 1. The summed E-state index contributed by atoms with van der Waals surface area (Å²) in [6.07, 6.45) is 1.02. The van der Waals surface area contributed by atoms with Crippen molar-refractivity contribution in [1.82, 2.24) is 5.32 Å². The van der Waals surface area contributed by atoms with Gasteiger partial charge in [0.25, 0.3) is 5.91 Å². The van der Waals surface area contributed by atoms with E-state index in [9.17, 15) is 18.0 Å². The zero-order chi connectivity index (χ0) is 19.3. The molecule has 0 aliphatic heterocycles. The largest absolute Gasteiger partial charge is 0.467 e. The molecule has 0 saturated carbocycles. The summed E-state index contributed by atoms with van der Waals surface area (Å²) in [5.41, 5.74) is 1.11. The van der Waals surface area contributed by atoms with Gasteiger partial charge in [-0.2, -0.15) is 0 Å². The maximum absolute atomic E-state index is 12.7. The quantitative estimate of drug-likeness (QED) is 0.642. The Morgan fingerprint density at radius 1 is 1.31 bits per heavy atom. The molecule has 1 amide bonds. The fourth-order valence-corrected chi connectivity index (χ4v) is 4.09. The molecule has 0 fully saturated rings. The van der Waals surface area contributed by atoms with Gasteiger partial charge in [-0.05, 0) is 36.1 Å². The topological polar surface area (TPSA) is 89.5 Å². The van der Waals surface area contributed by atoms with Gasteiger partial charge in [-0.1, -0.05) is 22.0 Å². The molecule has 140 valence electrons. The number of methoxy groups -OCH3 is 1. The summed E-state index contributed by atoms with van der Waals surface area (Å²) >= 11 is 4.88. The predicted octanol–water partition coefficient (Wildman–Crippen LogP) is 2.88. The van der Waals surface area contributed by atoms with Gasteiger partial charge in [-0.3, -0.25) is 4.79 Å². The van der Waals surface area contributed by atoms with Crippen molar-refractivity contribution in [2.45, 2.75) is 12.5 Å². The van der Waals surface area contributed by atoms with Gasteiger partial charge >= 0.3 is 5.97 Å². The first-order valence-corrected chi connectivity index (χ1v) is 11.3. The maximum Gasteiger partial charge on any atom is 0.328 e. The van der Waals surface area contributed by atoms with E-state index < -0.39 is 27.8 Å². The van der Waals surface area contributed by atoms with E-state index in [0.29, 0.717) is 5.56 Å². The second-order valence-corrected chi connectivity index (χ2v) is 9.76. The van der Waals surface area contributed by atoms with E-state index in [1.54, 1.807) is 12.1 Å². The van der Waals surface area contributed by atoms with Crippen LogP contribution in [0.25, 0.3) is 10.4 Å². The molecule has 1 aromatic carbocycles. The summed E-state index contributed by atoms with van der Waals surface area (Å²) in [6.45, 7) is 0. The lowest BCUT2D eigenvalue weighted by molar-refractivity contribution is -0.142. The van der Waals surface area contributed by atoms with Crippen molar-refractivity contribution >= 4 is 49.0 Å². The van der Waals surface area contributed by atoms with E-state index in [1.165, 1.54) is 18.4 Å². The summed E-state index contributed by atoms with van der Waals surface area (Å²) < 4.78 is 28.3. The molecule has 0 unspecified atom stereocenters. The molecule has 0 radical (unpaired) electrons. The lowest BCUT2D eigenvalue weighted by Gasteiger charge is -2.17. The lowest BCUT2D eigenvalue weighted by Crippen LogP contribution is -2.42. The minimum atomic E-state index is -3.27. The molecule has 1 atom stereocenters. The average molecular weight is 460 g/mol. The van der Waals surface area contributed by atoms with Crippen molar-refractivity contribution in [3.8, 4) is 10.4 Å². The maximum atomic E-state index is 12.7. The van der Waals surface area contributed by atoms with E-state index in [0.717, 1.165) is 21.2 Å². The second-order valence-electron chi connectivity index (χ2n) is 5.63. The highest BCUT2D eigenvalue weighted by Gasteiger charge is 2.25. The molecule has 6 nitrogen and oxygen atoms in total. The molecule has 26 heavy (non-hydrogen) atoms. The summed E-state index contributed by atoms with van der Waals surface area (Å²) in [4.78, 5) is 25.6. The molecular formula is C17H18BrNO5S2. The monoisotopic (exact) mass is 459 g/mol. The smallest absolute Gasteiger partial charge is 0.328 e. The van der Waals surface area contributed by atoms with Crippen LogP contribution < -0.4 is 5.32 Å². The van der Waals surface area contributed by atoms with E-state index in [-0.39, 0.29) is 12.2 Å². The number of halogens is 1. The highest BCUT2D eigenvalue weighted by molar-refractivity contribution is 9.10. The number of amides is 1. The highest BCUT2D eigenvalue weighted by Crippen LogP contribution is 2.30. The molecule has 1 heterocycles. The number of esters is 1. The van der Waals surface area contributed by atoms with Crippen LogP contribution >= 0.6 is 27.3 Å². The number of carbonyl (C=O) groups excluding carboxylic acids is 2. The first-order valence-electron chi connectivity index (χ1n) is 7.61. The summed E-state index contributed by atoms with van der Waals surface area (Å²) in [5, 5.41) is 4.49. The van der Waals surface area contributed by atoms with Crippen molar-refractivity contribution in [2.24, 2.45) is 0 Å². The van der Waals surface area contributed by atoms with Crippen LogP contribution in [0.3, 0.4) is 0 Å². The van der Waals surface area contributed by atoms with Gasteiger partial charge in [0.05, 0.1) is 12.9 Å². The number of hydrogen-bond donors (Lipinski definition) is 1. The van der Waals surface area contributed by atoms with Gasteiger partial charge in [0.15, 0.2) is 0 Å². The van der Waals surface area contributed by atoms with Crippen LogP contribution in [-0.4, -0.2) is 45.5 Å². The fourth-order valence-electron chi connectivity index (χ4n) is 2.31. The zero-order valence-electron chi connectivity index (χ0n) is 14.2. The molecule has 1 N–H and O–H groups in total. The molecule has 1 aromatic heterocycles. The number of nitrogens with one attached hydrogen (secondary N) is 1. The van der Waals surface area contributed by atoms with Crippen LogP contribution in [0.4, 0.5) is 0 Å². The molecular weight excluding hydrogens is 442 g/mol.